The van der Waals surface area contributed by atoms with Crippen molar-refractivity contribution in [2.24, 2.45) is 0 Å². The van der Waals surface area contributed by atoms with Crippen LogP contribution in [-0.4, -0.2) is 16.9 Å². The lowest BCUT2D eigenvalue weighted by Gasteiger charge is -2.11. The van der Waals surface area contributed by atoms with Crippen molar-refractivity contribution in [1.29, 1.82) is 0 Å². The molecular weight excluding hydrogens is 364 g/mol. The maximum atomic E-state index is 12.3. The average Bonchev–Trinajstić information content (AvgIpc) is 3.39. The fourth-order valence-corrected chi connectivity index (χ4v) is 3.36. The van der Waals surface area contributed by atoms with Gasteiger partial charge in [-0.1, -0.05) is 18.2 Å². The van der Waals surface area contributed by atoms with E-state index in [-0.39, 0.29) is 5.91 Å². The third-order valence-corrected chi connectivity index (χ3v) is 5.07. The second-order valence-electron chi connectivity index (χ2n) is 6.33. The van der Waals surface area contributed by atoms with Crippen LogP contribution in [0.25, 0.3) is 21.9 Å². The molecular formula is C20H17BrN2O. The molecule has 0 atom stereocenters. The summed E-state index contributed by atoms with van der Waals surface area (Å²) < 4.78 is 0.987. The van der Waals surface area contributed by atoms with Gasteiger partial charge in [0.2, 0.25) is 0 Å². The predicted molar refractivity (Wildman–Crippen MR) is 100 cm³/mol. The number of carbonyl (C=O) groups is 1. The van der Waals surface area contributed by atoms with Crippen LogP contribution in [-0.2, 0) is 0 Å². The maximum absolute atomic E-state index is 12.3. The van der Waals surface area contributed by atoms with Crippen LogP contribution in [0.1, 0.15) is 28.8 Å². The van der Waals surface area contributed by atoms with Gasteiger partial charge in [-0.05, 0) is 76.0 Å². The molecule has 1 fully saturated rings. The van der Waals surface area contributed by atoms with Gasteiger partial charge in [0.1, 0.15) is 0 Å². The topological polar surface area (TPSA) is 42.0 Å². The molecule has 3 nitrogen and oxygen atoms in total. The molecule has 0 unspecified atom stereocenters. The summed E-state index contributed by atoms with van der Waals surface area (Å²) in [5.41, 5.74) is 4.05. The van der Waals surface area contributed by atoms with Crippen LogP contribution < -0.4 is 5.32 Å². The molecule has 2 aromatic carbocycles. The van der Waals surface area contributed by atoms with E-state index in [4.69, 9.17) is 0 Å². The van der Waals surface area contributed by atoms with Crippen molar-refractivity contribution in [3.63, 3.8) is 0 Å². The standard InChI is InChI=1S/C20H17BrN2O/c1-12-2-3-14(20(24)23-16-5-6-16)9-18(12)13-4-7-17-15(8-13)10-22-11-19(17)21/h2-4,7-11,16H,5-6H2,1H3,(H,23,24). The summed E-state index contributed by atoms with van der Waals surface area (Å²) in [6.07, 6.45) is 5.85. The number of carbonyl (C=O) groups excluding carboxylic acids is 1. The van der Waals surface area contributed by atoms with Crippen LogP contribution in [0.5, 0.6) is 0 Å². The number of nitrogens with one attached hydrogen (secondary N) is 1. The zero-order valence-corrected chi connectivity index (χ0v) is 14.9. The minimum Gasteiger partial charge on any atom is -0.349 e. The minimum atomic E-state index is 0.0175. The van der Waals surface area contributed by atoms with E-state index in [0.717, 1.165) is 50.3 Å². The molecule has 1 aliphatic rings. The highest BCUT2D eigenvalue weighted by Crippen LogP contribution is 2.30. The number of aryl methyl sites for hydroxylation is 1. The molecule has 1 aliphatic carbocycles. The molecule has 1 N–H and O–H groups in total. The quantitative estimate of drug-likeness (QED) is 0.704. The molecule has 0 spiro atoms. The molecule has 3 aromatic rings. The molecule has 4 rings (SSSR count). The number of rotatable bonds is 3. The van der Waals surface area contributed by atoms with E-state index >= 15 is 0 Å². The van der Waals surface area contributed by atoms with Gasteiger partial charge >= 0.3 is 0 Å². The largest absolute Gasteiger partial charge is 0.349 e. The van der Waals surface area contributed by atoms with Gasteiger partial charge in [-0.3, -0.25) is 9.78 Å². The first-order valence-electron chi connectivity index (χ1n) is 8.07. The summed E-state index contributed by atoms with van der Waals surface area (Å²) >= 11 is 3.54. The molecule has 120 valence electrons. The summed E-state index contributed by atoms with van der Waals surface area (Å²) in [5, 5.41) is 5.26. The molecule has 1 saturated carbocycles. The lowest BCUT2D eigenvalue weighted by atomic mass is 9.96. The second kappa shape index (κ2) is 6.02. The van der Waals surface area contributed by atoms with E-state index in [0.29, 0.717) is 6.04 Å². The van der Waals surface area contributed by atoms with Crippen LogP contribution in [0.4, 0.5) is 0 Å². The molecule has 0 saturated heterocycles. The van der Waals surface area contributed by atoms with Crippen LogP contribution in [0.15, 0.2) is 53.3 Å². The van der Waals surface area contributed by atoms with Crippen LogP contribution in [0, 0.1) is 6.92 Å². The van der Waals surface area contributed by atoms with Crippen molar-refractivity contribution in [2.45, 2.75) is 25.8 Å². The SMILES string of the molecule is Cc1ccc(C(=O)NC2CC2)cc1-c1ccc2c(Br)cncc2c1. The number of nitrogens with zero attached hydrogens (tertiary/aromatic N) is 1. The zero-order valence-electron chi connectivity index (χ0n) is 13.3. The van der Waals surface area contributed by atoms with Gasteiger partial charge in [0.25, 0.3) is 5.91 Å². The second-order valence-corrected chi connectivity index (χ2v) is 7.19. The molecule has 24 heavy (non-hydrogen) atoms. The lowest BCUT2D eigenvalue weighted by Crippen LogP contribution is -2.25. The first kappa shape index (κ1) is 15.3. The molecule has 1 aromatic heterocycles. The maximum Gasteiger partial charge on any atom is 0.251 e. The number of pyridine rings is 1. The van der Waals surface area contributed by atoms with Gasteiger partial charge in [0, 0.05) is 33.9 Å². The Kier molecular flexibility index (Phi) is 3.85. The van der Waals surface area contributed by atoms with Crippen molar-refractivity contribution < 1.29 is 4.79 Å². The number of aromatic nitrogens is 1. The molecule has 4 heteroatoms. The number of halogens is 1. The van der Waals surface area contributed by atoms with E-state index in [1.807, 2.05) is 24.4 Å². The molecule has 0 aliphatic heterocycles. The third-order valence-electron chi connectivity index (χ3n) is 4.43. The molecule has 0 bridgehead atoms. The van der Waals surface area contributed by atoms with Crippen molar-refractivity contribution >= 4 is 32.6 Å². The highest BCUT2D eigenvalue weighted by Gasteiger charge is 2.24. The summed E-state index contributed by atoms with van der Waals surface area (Å²) in [4.78, 5) is 16.6. The molecule has 1 amide bonds. The smallest absolute Gasteiger partial charge is 0.251 e. The predicted octanol–water partition coefficient (Wildman–Crippen LogP) is 4.86. The molecule has 0 radical (unpaired) electrons. The van der Waals surface area contributed by atoms with Crippen molar-refractivity contribution in [3.8, 4) is 11.1 Å². The minimum absolute atomic E-state index is 0.0175. The highest BCUT2D eigenvalue weighted by molar-refractivity contribution is 9.10. The van der Waals surface area contributed by atoms with E-state index in [1.54, 1.807) is 6.20 Å². The average molecular weight is 381 g/mol. The number of fused-ring (bicyclic) bond motifs is 1. The Morgan fingerprint density at radius 3 is 2.79 bits per heavy atom. The number of benzene rings is 2. The van der Waals surface area contributed by atoms with Gasteiger partial charge in [0.05, 0.1) is 0 Å². The Labute approximate surface area is 149 Å². The summed E-state index contributed by atoms with van der Waals surface area (Å²) in [6.45, 7) is 2.07. The Hall–Kier alpha value is -2.20. The van der Waals surface area contributed by atoms with E-state index in [2.05, 4.69) is 51.4 Å². The van der Waals surface area contributed by atoms with Crippen molar-refractivity contribution in [1.82, 2.24) is 10.3 Å². The highest BCUT2D eigenvalue weighted by atomic mass is 79.9. The first-order chi connectivity index (χ1) is 11.6. The zero-order chi connectivity index (χ0) is 16.7. The van der Waals surface area contributed by atoms with Gasteiger partial charge in [-0.25, -0.2) is 0 Å². The third kappa shape index (κ3) is 2.94. The van der Waals surface area contributed by atoms with Crippen LogP contribution in [0.2, 0.25) is 0 Å². The monoisotopic (exact) mass is 380 g/mol. The Balaban J connectivity index is 1.76. The molecule has 1 heterocycles. The van der Waals surface area contributed by atoms with Crippen LogP contribution in [0.3, 0.4) is 0 Å². The van der Waals surface area contributed by atoms with Gasteiger partial charge in [-0.15, -0.1) is 0 Å². The van der Waals surface area contributed by atoms with Gasteiger partial charge < -0.3 is 5.32 Å². The number of amides is 1. The fourth-order valence-electron chi connectivity index (χ4n) is 2.88. The normalized spacial score (nSPS) is 13.9. The van der Waals surface area contributed by atoms with E-state index in [9.17, 15) is 4.79 Å². The van der Waals surface area contributed by atoms with Crippen LogP contribution >= 0.6 is 15.9 Å². The Morgan fingerprint density at radius 1 is 1.17 bits per heavy atom. The number of hydrogen-bond acceptors (Lipinski definition) is 2. The Bertz CT molecular complexity index is 948. The summed E-state index contributed by atoms with van der Waals surface area (Å²) in [7, 11) is 0. The first-order valence-corrected chi connectivity index (χ1v) is 8.86. The number of hydrogen-bond donors (Lipinski definition) is 1. The summed E-state index contributed by atoms with van der Waals surface area (Å²) in [5.74, 6) is 0.0175. The van der Waals surface area contributed by atoms with E-state index in [1.165, 1.54) is 0 Å². The van der Waals surface area contributed by atoms with Gasteiger partial charge in [0.15, 0.2) is 0 Å². The van der Waals surface area contributed by atoms with Crippen molar-refractivity contribution in [2.75, 3.05) is 0 Å². The lowest BCUT2D eigenvalue weighted by molar-refractivity contribution is 0.0951. The summed E-state index contributed by atoms with van der Waals surface area (Å²) in [6, 6.07) is 12.6. The van der Waals surface area contributed by atoms with E-state index < -0.39 is 0 Å². The Morgan fingerprint density at radius 2 is 2.00 bits per heavy atom. The van der Waals surface area contributed by atoms with Crippen molar-refractivity contribution in [3.05, 3.63) is 64.4 Å². The van der Waals surface area contributed by atoms with Gasteiger partial charge in [-0.2, -0.15) is 0 Å². The fraction of sp³-hybridized carbons (Fsp3) is 0.200.